The van der Waals surface area contributed by atoms with Gasteiger partial charge in [0.25, 0.3) is 0 Å². The van der Waals surface area contributed by atoms with E-state index in [2.05, 4.69) is 11.1 Å². The van der Waals surface area contributed by atoms with E-state index in [9.17, 15) is 0 Å². The summed E-state index contributed by atoms with van der Waals surface area (Å²) in [5.41, 5.74) is 8.82. The van der Waals surface area contributed by atoms with E-state index in [-0.39, 0.29) is 0 Å². The number of pyridine rings is 1. The van der Waals surface area contributed by atoms with E-state index in [4.69, 9.17) is 16.3 Å². The summed E-state index contributed by atoms with van der Waals surface area (Å²) in [4.78, 5) is 4.37. The molecule has 0 saturated heterocycles. The van der Waals surface area contributed by atoms with E-state index in [0.717, 1.165) is 0 Å². The SMILES string of the molecule is N#Cc1cc(C#N)c2nc3ccccn3c2c1N. The fourth-order valence-corrected chi connectivity index (χ4v) is 2.04. The largest absolute Gasteiger partial charge is 0.396 e. The normalized spacial score (nSPS) is 10.3. The average Bonchev–Trinajstić information content (AvgIpc) is 2.79. The lowest BCUT2D eigenvalue weighted by molar-refractivity contribution is 1.23. The van der Waals surface area contributed by atoms with Crippen molar-refractivity contribution >= 4 is 22.4 Å². The number of fused-ring (bicyclic) bond motifs is 3. The Morgan fingerprint density at radius 3 is 2.67 bits per heavy atom. The highest BCUT2D eigenvalue weighted by Gasteiger charge is 2.15. The Kier molecular flexibility index (Phi) is 1.95. The Labute approximate surface area is 102 Å². The van der Waals surface area contributed by atoms with Gasteiger partial charge in [-0.3, -0.25) is 4.40 Å². The maximum Gasteiger partial charge on any atom is 0.138 e. The molecule has 0 spiro atoms. The minimum absolute atomic E-state index is 0.296. The minimum atomic E-state index is 0.296. The molecule has 0 amide bonds. The van der Waals surface area contributed by atoms with Crippen LogP contribution in [0.15, 0.2) is 30.5 Å². The van der Waals surface area contributed by atoms with Crippen molar-refractivity contribution in [3.63, 3.8) is 0 Å². The Hall–Kier alpha value is -3.05. The van der Waals surface area contributed by atoms with Crippen LogP contribution in [-0.4, -0.2) is 9.38 Å². The van der Waals surface area contributed by atoms with Gasteiger partial charge in [-0.1, -0.05) is 6.07 Å². The standard InChI is InChI=1S/C13H7N5/c14-6-8-5-9(7-15)12-13(11(8)16)18-4-2-1-3-10(18)17-12/h1-5H,16H2. The maximum atomic E-state index is 9.12. The van der Waals surface area contributed by atoms with Crippen LogP contribution in [0.4, 0.5) is 5.69 Å². The smallest absolute Gasteiger partial charge is 0.138 e. The third-order valence-electron chi connectivity index (χ3n) is 2.86. The summed E-state index contributed by atoms with van der Waals surface area (Å²) in [5.74, 6) is 0. The van der Waals surface area contributed by atoms with Crippen molar-refractivity contribution in [1.29, 1.82) is 10.5 Å². The zero-order valence-electron chi connectivity index (χ0n) is 9.25. The number of hydrogen-bond donors (Lipinski definition) is 1. The number of rotatable bonds is 0. The molecular weight excluding hydrogens is 226 g/mol. The second-order valence-corrected chi connectivity index (χ2v) is 3.85. The first-order valence-corrected chi connectivity index (χ1v) is 5.25. The van der Waals surface area contributed by atoms with Gasteiger partial charge in [0.1, 0.15) is 23.3 Å². The van der Waals surface area contributed by atoms with E-state index < -0.39 is 0 Å². The van der Waals surface area contributed by atoms with Crippen LogP contribution in [0.2, 0.25) is 0 Å². The van der Waals surface area contributed by atoms with Crippen LogP contribution in [0.5, 0.6) is 0 Å². The van der Waals surface area contributed by atoms with Crippen molar-refractivity contribution in [2.24, 2.45) is 0 Å². The summed E-state index contributed by atoms with van der Waals surface area (Å²) in [6, 6.07) is 11.1. The van der Waals surface area contributed by atoms with Crippen LogP contribution in [0, 0.1) is 22.7 Å². The van der Waals surface area contributed by atoms with E-state index >= 15 is 0 Å². The highest BCUT2D eigenvalue weighted by molar-refractivity contribution is 5.96. The molecule has 0 atom stereocenters. The lowest BCUT2D eigenvalue weighted by Crippen LogP contribution is -1.96. The molecule has 0 unspecified atom stereocenters. The van der Waals surface area contributed by atoms with Crippen LogP contribution in [0.1, 0.15) is 11.1 Å². The van der Waals surface area contributed by atoms with E-state index in [1.54, 1.807) is 4.40 Å². The highest BCUT2D eigenvalue weighted by Crippen LogP contribution is 2.28. The van der Waals surface area contributed by atoms with E-state index in [1.165, 1.54) is 6.07 Å². The van der Waals surface area contributed by atoms with Crippen LogP contribution >= 0.6 is 0 Å². The second-order valence-electron chi connectivity index (χ2n) is 3.85. The minimum Gasteiger partial charge on any atom is -0.396 e. The topological polar surface area (TPSA) is 90.9 Å². The number of hydrogen-bond acceptors (Lipinski definition) is 4. The molecule has 0 bridgehead atoms. The third-order valence-corrected chi connectivity index (χ3v) is 2.86. The number of nitrogen functional groups attached to an aromatic ring is 1. The monoisotopic (exact) mass is 233 g/mol. The molecule has 0 saturated carbocycles. The molecule has 18 heavy (non-hydrogen) atoms. The Bertz CT molecular complexity index is 861. The number of nitrogens with zero attached hydrogens (tertiary/aromatic N) is 4. The first-order valence-electron chi connectivity index (χ1n) is 5.25. The lowest BCUT2D eigenvalue weighted by atomic mass is 10.1. The summed E-state index contributed by atoms with van der Waals surface area (Å²) in [5, 5.41) is 18.2. The lowest BCUT2D eigenvalue weighted by Gasteiger charge is -2.02. The molecule has 0 aliphatic rings. The van der Waals surface area contributed by atoms with Crippen molar-refractivity contribution in [1.82, 2.24) is 9.38 Å². The van der Waals surface area contributed by atoms with Crippen LogP contribution in [-0.2, 0) is 0 Å². The molecule has 0 aliphatic carbocycles. The molecular formula is C13H7N5. The highest BCUT2D eigenvalue weighted by atomic mass is 15.0. The van der Waals surface area contributed by atoms with Gasteiger partial charge in [-0.2, -0.15) is 10.5 Å². The first-order chi connectivity index (χ1) is 8.76. The zero-order chi connectivity index (χ0) is 12.7. The number of nitriles is 2. The average molecular weight is 233 g/mol. The van der Waals surface area contributed by atoms with Gasteiger partial charge in [-0.25, -0.2) is 4.98 Å². The molecule has 5 nitrogen and oxygen atoms in total. The Balaban J connectivity index is 2.65. The van der Waals surface area contributed by atoms with Crippen LogP contribution in [0.3, 0.4) is 0 Å². The quantitative estimate of drug-likeness (QED) is 0.599. The second kappa shape index (κ2) is 3.47. The molecule has 1 aromatic carbocycles. The van der Waals surface area contributed by atoms with Gasteiger partial charge in [0.05, 0.1) is 22.3 Å². The van der Waals surface area contributed by atoms with Gasteiger partial charge in [0, 0.05) is 6.20 Å². The summed E-state index contributed by atoms with van der Waals surface area (Å²) in [6.45, 7) is 0. The Morgan fingerprint density at radius 1 is 1.17 bits per heavy atom. The number of aromatic nitrogens is 2. The molecule has 2 aromatic heterocycles. The van der Waals surface area contributed by atoms with E-state index in [0.29, 0.717) is 33.5 Å². The van der Waals surface area contributed by atoms with Gasteiger partial charge in [0.2, 0.25) is 0 Å². The predicted octanol–water partition coefficient (Wildman–Crippen LogP) is 1.81. The number of imidazole rings is 1. The predicted molar refractivity (Wildman–Crippen MR) is 66.5 cm³/mol. The summed E-state index contributed by atoms with van der Waals surface area (Å²) < 4.78 is 1.78. The van der Waals surface area contributed by atoms with Crippen molar-refractivity contribution < 1.29 is 0 Å². The molecule has 5 heteroatoms. The van der Waals surface area contributed by atoms with Crippen molar-refractivity contribution in [2.75, 3.05) is 5.73 Å². The molecule has 3 rings (SSSR count). The fraction of sp³-hybridized carbons (Fsp3) is 0. The number of benzene rings is 1. The summed E-state index contributed by atoms with van der Waals surface area (Å²) in [6.07, 6.45) is 1.81. The summed E-state index contributed by atoms with van der Waals surface area (Å²) in [7, 11) is 0. The molecule has 0 radical (unpaired) electrons. The Morgan fingerprint density at radius 2 is 1.94 bits per heavy atom. The van der Waals surface area contributed by atoms with Gasteiger partial charge in [0.15, 0.2) is 0 Å². The van der Waals surface area contributed by atoms with E-state index in [1.807, 2.05) is 30.5 Å². The number of anilines is 1. The van der Waals surface area contributed by atoms with Gasteiger partial charge in [-0.15, -0.1) is 0 Å². The van der Waals surface area contributed by atoms with Crippen LogP contribution < -0.4 is 5.73 Å². The van der Waals surface area contributed by atoms with Crippen molar-refractivity contribution in [2.45, 2.75) is 0 Å². The molecule has 2 N–H and O–H groups in total. The fourth-order valence-electron chi connectivity index (χ4n) is 2.04. The van der Waals surface area contributed by atoms with Gasteiger partial charge >= 0.3 is 0 Å². The van der Waals surface area contributed by atoms with Crippen molar-refractivity contribution in [3.05, 3.63) is 41.6 Å². The molecule has 0 aliphatic heterocycles. The number of nitrogens with two attached hydrogens (primary N) is 1. The molecule has 2 heterocycles. The molecule has 0 fully saturated rings. The van der Waals surface area contributed by atoms with Crippen LogP contribution in [0.25, 0.3) is 16.7 Å². The first kappa shape index (κ1) is 10.1. The molecule has 84 valence electrons. The zero-order valence-corrected chi connectivity index (χ0v) is 9.25. The maximum absolute atomic E-state index is 9.12. The molecule has 3 aromatic rings. The summed E-state index contributed by atoms with van der Waals surface area (Å²) >= 11 is 0. The van der Waals surface area contributed by atoms with Crippen molar-refractivity contribution in [3.8, 4) is 12.1 Å². The van der Waals surface area contributed by atoms with Gasteiger partial charge in [-0.05, 0) is 18.2 Å². The van der Waals surface area contributed by atoms with Gasteiger partial charge < -0.3 is 5.73 Å². The third kappa shape index (κ3) is 1.16.